The van der Waals surface area contributed by atoms with E-state index < -0.39 is 0 Å². The van der Waals surface area contributed by atoms with Crippen molar-refractivity contribution in [3.8, 4) is 0 Å². The average Bonchev–Trinajstić information content (AvgIpc) is 1.72. The van der Waals surface area contributed by atoms with Crippen LogP contribution in [0.4, 0.5) is 0 Å². The molecule has 0 heterocycles. The van der Waals surface area contributed by atoms with Gasteiger partial charge in [-0.05, 0) is 0 Å². The van der Waals surface area contributed by atoms with Gasteiger partial charge in [-0.3, -0.25) is 0 Å². The predicted molar refractivity (Wildman–Crippen MR) is 33.6 cm³/mol. The van der Waals surface area contributed by atoms with Gasteiger partial charge in [0.25, 0.3) is 0 Å². The van der Waals surface area contributed by atoms with Crippen molar-refractivity contribution in [3.63, 3.8) is 0 Å². The van der Waals surface area contributed by atoms with Gasteiger partial charge in [0.2, 0.25) is 0 Å². The Kier molecular flexibility index (Phi) is 5.61. The second-order valence-electron chi connectivity index (χ2n) is 1.15. The topological polar surface area (TPSA) is 0 Å². The summed E-state index contributed by atoms with van der Waals surface area (Å²) in [7, 11) is 0. The van der Waals surface area contributed by atoms with E-state index in [0.29, 0.717) is 0 Å². The third-order valence-electron chi connectivity index (χ3n) is 0.667. The molecule has 0 bridgehead atoms. The SMILES string of the molecule is [KH].c1ccccc1. The third kappa shape index (κ3) is 3.44. The van der Waals surface area contributed by atoms with Gasteiger partial charge in [-0.2, -0.15) is 0 Å². The zero-order chi connectivity index (χ0) is 4.24. The molecule has 0 nitrogen and oxygen atoms in total. The molecule has 1 aromatic carbocycles. The molecule has 0 spiro atoms. The van der Waals surface area contributed by atoms with Crippen molar-refractivity contribution < 1.29 is 0 Å². The zero-order valence-electron chi connectivity index (χ0n) is 3.46. The summed E-state index contributed by atoms with van der Waals surface area (Å²) in [5, 5.41) is 0. The molecule has 0 aliphatic rings. The Balaban J connectivity index is 0.000000360. The molecule has 0 N–H and O–H groups in total. The fourth-order valence-corrected chi connectivity index (χ4v) is 0.385. The summed E-state index contributed by atoms with van der Waals surface area (Å²) < 4.78 is 0. The van der Waals surface area contributed by atoms with Gasteiger partial charge in [-0.15, -0.1) is 0 Å². The van der Waals surface area contributed by atoms with Crippen LogP contribution in [-0.2, 0) is 0 Å². The van der Waals surface area contributed by atoms with Crippen molar-refractivity contribution in [3.05, 3.63) is 36.4 Å². The maximum atomic E-state index is 2.00. The number of rotatable bonds is 0. The van der Waals surface area contributed by atoms with Gasteiger partial charge in [-0.25, -0.2) is 0 Å². The van der Waals surface area contributed by atoms with Gasteiger partial charge >= 0.3 is 51.4 Å². The summed E-state index contributed by atoms with van der Waals surface area (Å²) in [5.41, 5.74) is 0. The standard InChI is InChI=1S/C6H6.K.H/c1-2-4-6-5-3-1;;/h1-6H;;. The molecule has 0 saturated heterocycles. The normalized spacial score (nSPS) is 6.86. The van der Waals surface area contributed by atoms with E-state index in [2.05, 4.69) is 0 Å². The number of benzene rings is 1. The molecule has 7 heavy (non-hydrogen) atoms. The fraction of sp³-hybridized carbons (Fsp3) is 0. The van der Waals surface area contributed by atoms with E-state index in [-0.39, 0.29) is 51.4 Å². The van der Waals surface area contributed by atoms with E-state index in [1.807, 2.05) is 36.4 Å². The molecule has 0 unspecified atom stereocenters. The second kappa shape index (κ2) is 5.00. The van der Waals surface area contributed by atoms with Gasteiger partial charge in [0.05, 0.1) is 0 Å². The van der Waals surface area contributed by atoms with E-state index >= 15 is 0 Å². The van der Waals surface area contributed by atoms with Crippen LogP contribution in [0, 0.1) is 0 Å². The smallest absolute Gasteiger partial charge is 0.0623 e. The van der Waals surface area contributed by atoms with E-state index in [9.17, 15) is 0 Å². The summed E-state index contributed by atoms with van der Waals surface area (Å²) in [6.07, 6.45) is 0. The molecule has 0 atom stereocenters. The molecule has 0 aliphatic carbocycles. The van der Waals surface area contributed by atoms with E-state index in [0.717, 1.165) is 0 Å². The Morgan fingerprint density at radius 2 is 0.571 bits per heavy atom. The Bertz CT molecular complexity index is 76.1. The minimum Gasteiger partial charge on any atom is -0.0623 e. The van der Waals surface area contributed by atoms with Crippen LogP contribution in [0.1, 0.15) is 0 Å². The summed E-state index contributed by atoms with van der Waals surface area (Å²) in [5.74, 6) is 0. The Labute approximate surface area is 86.4 Å². The van der Waals surface area contributed by atoms with Crippen molar-refractivity contribution in [2.24, 2.45) is 0 Å². The molecule has 0 aromatic heterocycles. The Hall–Kier alpha value is 0.856. The predicted octanol–water partition coefficient (Wildman–Crippen LogP) is 1.04. The molecule has 1 aromatic rings. The Morgan fingerprint density at radius 3 is 0.714 bits per heavy atom. The average molecular weight is 118 g/mol. The molecule has 32 valence electrons. The van der Waals surface area contributed by atoms with Gasteiger partial charge < -0.3 is 0 Å². The van der Waals surface area contributed by atoms with E-state index in [4.69, 9.17) is 0 Å². The first-order valence-corrected chi connectivity index (χ1v) is 2.00. The molecule has 1 heteroatoms. The van der Waals surface area contributed by atoms with Crippen LogP contribution in [-0.4, -0.2) is 51.4 Å². The molecule has 0 fully saturated rings. The van der Waals surface area contributed by atoms with Crippen LogP contribution in [0.25, 0.3) is 0 Å². The molecular formula is C6H7K. The number of hydrogen-bond acceptors (Lipinski definition) is 0. The third-order valence-corrected chi connectivity index (χ3v) is 0.667. The summed E-state index contributed by atoms with van der Waals surface area (Å²) in [6, 6.07) is 12.0. The van der Waals surface area contributed by atoms with Gasteiger partial charge in [0.1, 0.15) is 0 Å². The molecule has 0 saturated carbocycles. The molecule has 0 aliphatic heterocycles. The summed E-state index contributed by atoms with van der Waals surface area (Å²) in [6.45, 7) is 0. The monoisotopic (exact) mass is 118 g/mol. The van der Waals surface area contributed by atoms with Crippen LogP contribution >= 0.6 is 0 Å². The van der Waals surface area contributed by atoms with Crippen molar-refractivity contribution in [1.82, 2.24) is 0 Å². The minimum absolute atomic E-state index is 0. The van der Waals surface area contributed by atoms with Crippen LogP contribution in [0.2, 0.25) is 0 Å². The van der Waals surface area contributed by atoms with Gasteiger partial charge in [-0.1, -0.05) is 36.4 Å². The van der Waals surface area contributed by atoms with Crippen molar-refractivity contribution in [1.29, 1.82) is 0 Å². The van der Waals surface area contributed by atoms with Crippen LogP contribution < -0.4 is 0 Å². The van der Waals surface area contributed by atoms with Crippen molar-refractivity contribution >= 4 is 51.4 Å². The summed E-state index contributed by atoms with van der Waals surface area (Å²) in [4.78, 5) is 0. The fourth-order valence-electron chi connectivity index (χ4n) is 0.385. The molecular weight excluding hydrogens is 111 g/mol. The quantitative estimate of drug-likeness (QED) is 0.446. The summed E-state index contributed by atoms with van der Waals surface area (Å²) >= 11 is 0. The van der Waals surface area contributed by atoms with Crippen LogP contribution in [0.5, 0.6) is 0 Å². The first-order valence-electron chi connectivity index (χ1n) is 2.00. The van der Waals surface area contributed by atoms with E-state index in [1.54, 1.807) is 0 Å². The van der Waals surface area contributed by atoms with Crippen LogP contribution in [0.3, 0.4) is 0 Å². The van der Waals surface area contributed by atoms with Crippen molar-refractivity contribution in [2.45, 2.75) is 0 Å². The molecule has 0 radical (unpaired) electrons. The van der Waals surface area contributed by atoms with Crippen molar-refractivity contribution in [2.75, 3.05) is 0 Å². The van der Waals surface area contributed by atoms with Crippen LogP contribution in [0.15, 0.2) is 36.4 Å². The Morgan fingerprint density at radius 1 is 0.429 bits per heavy atom. The largest absolute Gasteiger partial charge is 0.0623 e. The van der Waals surface area contributed by atoms with Gasteiger partial charge in [0, 0.05) is 0 Å². The zero-order valence-corrected chi connectivity index (χ0v) is 3.46. The second-order valence-corrected chi connectivity index (χ2v) is 1.15. The first kappa shape index (κ1) is 7.86. The first-order chi connectivity index (χ1) is 3.00. The van der Waals surface area contributed by atoms with Gasteiger partial charge in [0.15, 0.2) is 0 Å². The number of hydrogen-bond donors (Lipinski definition) is 0. The molecule has 0 amide bonds. The maximum Gasteiger partial charge on any atom is -0.0623 e. The minimum atomic E-state index is 0. The molecule has 1 rings (SSSR count). The maximum absolute atomic E-state index is 2.00. The van der Waals surface area contributed by atoms with E-state index in [1.165, 1.54) is 0 Å².